The van der Waals surface area contributed by atoms with Gasteiger partial charge in [0.1, 0.15) is 4.38 Å². The van der Waals surface area contributed by atoms with Crippen LogP contribution < -0.4 is 0 Å². The number of fused-ring (bicyclic) bond motifs is 1. The van der Waals surface area contributed by atoms with Gasteiger partial charge in [0.2, 0.25) is 0 Å². The SMILES string of the molecule is CSC(=NC(=O)c1cn(C)c2ccccc12)SC. The molecule has 0 saturated heterocycles. The fourth-order valence-corrected chi connectivity index (χ4v) is 2.84. The van der Waals surface area contributed by atoms with E-state index in [0.29, 0.717) is 5.56 Å². The number of nitrogens with zero attached hydrogens (tertiary/aromatic N) is 2. The molecular formula is C13H14N2OS2. The van der Waals surface area contributed by atoms with Crippen LogP contribution in [0.2, 0.25) is 0 Å². The van der Waals surface area contributed by atoms with E-state index in [1.165, 1.54) is 23.5 Å². The van der Waals surface area contributed by atoms with E-state index in [9.17, 15) is 4.79 Å². The van der Waals surface area contributed by atoms with Gasteiger partial charge in [0.25, 0.3) is 5.91 Å². The molecule has 0 spiro atoms. The van der Waals surface area contributed by atoms with Crippen LogP contribution >= 0.6 is 23.5 Å². The number of hydrogen-bond donors (Lipinski definition) is 0. The lowest BCUT2D eigenvalue weighted by molar-refractivity contribution is 0.100. The number of para-hydroxylation sites is 1. The Labute approximate surface area is 115 Å². The van der Waals surface area contributed by atoms with Gasteiger partial charge in [0, 0.05) is 24.1 Å². The fourth-order valence-electron chi connectivity index (χ4n) is 1.83. The van der Waals surface area contributed by atoms with E-state index < -0.39 is 0 Å². The van der Waals surface area contributed by atoms with E-state index in [2.05, 4.69) is 4.99 Å². The van der Waals surface area contributed by atoms with Crippen molar-refractivity contribution >= 4 is 44.7 Å². The number of thioether (sulfide) groups is 2. The van der Waals surface area contributed by atoms with Gasteiger partial charge in [-0.2, -0.15) is 4.99 Å². The zero-order valence-electron chi connectivity index (χ0n) is 10.5. The molecule has 1 aromatic carbocycles. The van der Waals surface area contributed by atoms with Crippen molar-refractivity contribution in [3.63, 3.8) is 0 Å². The van der Waals surface area contributed by atoms with Gasteiger partial charge in [-0.15, -0.1) is 23.5 Å². The van der Waals surface area contributed by atoms with Crippen LogP contribution in [-0.4, -0.2) is 27.4 Å². The minimum atomic E-state index is -0.175. The molecule has 0 aliphatic rings. The smallest absolute Gasteiger partial charge is 0.280 e. The van der Waals surface area contributed by atoms with Gasteiger partial charge in [-0.05, 0) is 18.6 Å². The molecule has 0 radical (unpaired) electrons. The third-order valence-electron chi connectivity index (χ3n) is 2.67. The number of carbonyl (C=O) groups is 1. The van der Waals surface area contributed by atoms with Gasteiger partial charge >= 0.3 is 0 Å². The number of rotatable bonds is 1. The quantitative estimate of drug-likeness (QED) is 0.592. The van der Waals surface area contributed by atoms with Crippen LogP contribution in [0.25, 0.3) is 10.9 Å². The summed E-state index contributed by atoms with van der Waals surface area (Å²) in [6, 6.07) is 7.86. The standard InChI is InChI=1S/C13H14N2OS2/c1-15-8-10(9-6-4-5-7-11(9)15)12(16)14-13(17-2)18-3/h4-8H,1-3H3. The molecule has 94 valence electrons. The van der Waals surface area contributed by atoms with Crippen LogP contribution in [0.1, 0.15) is 10.4 Å². The van der Waals surface area contributed by atoms with Crippen molar-refractivity contribution in [1.29, 1.82) is 0 Å². The molecule has 0 N–H and O–H groups in total. The highest BCUT2D eigenvalue weighted by atomic mass is 32.2. The van der Waals surface area contributed by atoms with Crippen molar-refractivity contribution in [2.24, 2.45) is 12.0 Å². The molecule has 2 rings (SSSR count). The van der Waals surface area contributed by atoms with Crippen LogP contribution in [0.4, 0.5) is 0 Å². The van der Waals surface area contributed by atoms with Crippen LogP contribution in [0.5, 0.6) is 0 Å². The molecule has 0 saturated carbocycles. The van der Waals surface area contributed by atoms with Crippen molar-refractivity contribution in [1.82, 2.24) is 4.57 Å². The van der Waals surface area contributed by atoms with Gasteiger partial charge in [-0.25, -0.2) is 0 Å². The average molecular weight is 278 g/mol. The number of aliphatic imine (C=N–C) groups is 1. The second-order valence-corrected chi connectivity index (χ2v) is 5.61. The number of aryl methyl sites for hydroxylation is 1. The van der Waals surface area contributed by atoms with Crippen LogP contribution in [-0.2, 0) is 7.05 Å². The van der Waals surface area contributed by atoms with E-state index in [1.807, 2.05) is 54.6 Å². The van der Waals surface area contributed by atoms with Crippen molar-refractivity contribution in [2.75, 3.05) is 12.5 Å². The molecule has 1 amide bonds. The average Bonchev–Trinajstić information content (AvgIpc) is 2.74. The molecule has 0 bridgehead atoms. The van der Waals surface area contributed by atoms with E-state index in [4.69, 9.17) is 0 Å². The number of hydrogen-bond acceptors (Lipinski definition) is 3. The molecule has 1 heterocycles. The summed E-state index contributed by atoms with van der Waals surface area (Å²) < 4.78 is 2.74. The third kappa shape index (κ3) is 2.47. The first-order valence-corrected chi connectivity index (χ1v) is 7.87. The summed E-state index contributed by atoms with van der Waals surface area (Å²) >= 11 is 2.98. The van der Waals surface area contributed by atoms with Crippen LogP contribution in [0, 0.1) is 0 Å². The lowest BCUT2D eigenvalue weighted by Gasteiger charge is -1.97. The maximum absolute atomic E-state index is 12.2. The summed E-state index contributed by atoms with van der Waals surface area (Å²) in [5.41, 5.74) is 1.71. The Kier molecular flexibility index (Phi) is 4.14. The van der Waals surface area contributed by atoms with Crippen molar-refractivity contribution < 1.29 is 4.79 Å². The predicted octanol–water partition coefficient (Wildman–Crippen LogP) is 3.40. The van der Waals surface area contributed by atoms with Crippen LogP contribution in [0.3, 0.4) is 0 Å². The summed E-state index contributed by atoms with van der Waals surface area (Å²) in [7, 11) is 1.94. The maximum Gasteiger partial charge on any atom is 0.280 e. The summed E-state index contributed by atoms with van der Waals surface area (Å²) in [5.74, 6) is -0.175. The molecule has 0 unspecified atom stereocenters. The number of carbonyl (C=O) groups excluding carboxylic acids is 1. The molecule has 0 aliphatic carbocycles. The summed E-state index contributed by atoms with van der Waals surface area (Å²) in [6.45, 7) is 0. The van der Waals surface area contributed by atoms with E-state index in [-0.39, 0.29) is 5.91 Å². The Hall–Kier alpha value is -1.20. The van der Waals surface area contributed by atoms with E-state index in [1.54, 1.807) is 0 Å². The highest BCUT2D eigenvalue weighted by Crippen LogP contribution is 2.22. The first-order chi connectivity index (χ1) is 8.67. The molecular weight excluding hydrogens is 264 g/mol. The first-order valence-electron chi connectivity index (χ1n) is 5.42. The van der Waals surface area contributed by atoms with Gasteiger partial charge in [0.15, 0.2) is 0 Å². The summed E-state index contributed by atoms with van der Waals surface area (Å²) in [5, 5.41) is 0.954. The minimum Gasteiger partial charge on any atom is -0.350 e. The minimum absolute atomic E-state index is 0.175. The highest BCUT2D eigenvalue weighted by Gasteiger charge is 2.13. The Bertz CT molecular complexity index is 610. The molecule has 5 heteroatoms. The predicted molar refractivity (Wildman–Crippen MR) is 81.7 cm³/mol. The highest BCUT2D eigenvalue weighted by molar-refractivity contribution is 8.38. The van der Waals surface area contributed by atoms with E-state index in [0.717, 1.165) is 15.3 Å². The van der Waals surface area contributed by atoms with Gasteiger partial charge in [-0.1, -0.05) is 18.2 Å². The lowest BCUT2D eigenvalue weighted by atomic mass is 10.2. The Morgan fingerprint density at radius 3 is 2.56 bits per heavy atom. The molecule has 3 nitrogen and oxygen atoms in total. The van der Waals surface area contributed by atoms with Crippen molar-refractivity contribution in [3.8, 4) is 0 Å². The van der Waals surface area contributed by atoms with E-state index >= 15 is 0 Å². The summed E-state index contributed by atoms with van der Waals surface area (Å²) in [4.78, 5) is 16.3. The molecule has 2 aromatic rings. The van der Waals surface area contributed by atoms with Crippen molar-refractivity contribution in [2.45, 2.75) is 0 Å². The molecule has 18 heavy (non-hydrogen) atoms. The monoisotopic (exact) mass is 278 g/mol. The number of aromatic nitrogens is 1. The van der Waals surface area contributed by atoms with Crippen LogP contribution in [0.15, 0.2) is 35.5 Å². The zero-order chi connectivity index (χ0) is 13.1. The molecule has 0 atom stereocenters. The Morgan fingerprint density at radius 1 is 1.22 bits per heavy atom. The maximum atomic E-state index is 12.2. The molecule has 0 aliphatic heterocycles. The normalized spacial score (nSPS) is 10.6. The summed E-state index contributed by atoms with van der Waals surface area (Å²) in [6.07, 6.45) is 5.69. The fraction of sp³-hybridized carbons (Fsp3) is 0.231. The largest absolute Gasteiger partial charge is 0.350 e. The van der Waals surface area contributed by atoms with Gasteiger partial charge < -0.3 is 4.57 Å². The van der Waals surface area contributed by atoms with Gasteiger partial charge in [-0.3, -0.25) is 4.79 Å². The third-order valence-corrected chi connectivity index (χ3v) is 4.55. The van der Waals surface area contributed by atoms with Crippen molar-refractivity contribution in [3.05, 3.63) is 36.0 Å². The van der Waals surface area contributed by atoms with Gasteiger partial charge in [0.05, 0.1) is 5.56 Å². The number of amides is 1. The second-order valence-electron chi connectivity index (χ2n) is 3.76. The molecule has 1 aromatic heterocycles. The second kappa shape index (κ2) is 5.63. The molecule has 0 fully saturated rings. The topological polar surface area (TPSA) is 34.4 Å². The Morgan fingerprint density at radius 2 is 1.89 bits per heavy atom. The first kappa shape index (κ1) is 13.2. The number of benzene rings is 1. The zero-order valence-corrected chi connectivity index (χ0v) is 12.1. The Balaban J connectivity index is 2.49. The lowest BCUT2D eigenvalue weighted by Crippen LogP contribution is -1.97.